The Morgan fingerprint density at radius 2 is 0.870 bits per heavy atom. The maximum atomic E-state index is 12.8. The van der Waals surface area contributed by atoms with Gasteiger partial charge in [-0.3, -0.25) is 0 Å². The molecule has 2 rings (SSSR count). The zero-order valence-electron chi connectivity index (χ0n) is 31.0. The zero-order chi connectivity index (χ0) is 34.4. The van der Waals surface area contributed by atoms with Crippen molar-refractivity contribution in [3.8, 4) is 11.1 Å². The van der Waals surface area contributed by atoms with Crippen LogP contribution in [0.3, 0.4) is 0 Å². The maximum absolute atomic E-state index is 12.8. The quantitative estimate of drug-likeness (QED) is 0.0875. The van der Waals surface area contributed by atoms with Crippen LogP contribution in [0.25, 0.3) is 11.1 Å². The number of carbonyl (C=O) groups is 2. The number of ether oxygens (including phenoxy) is 2. The van der Waals surface area contributed by atoms with Crippen LogP contribution in [0.4, 0.5) is 0 Å². The van der Waals surface area contributed by atoms with Crippen molar-refractivity contribution in [3.63, 3.8) is 0 Å². The van der Waals surface area contributed by atoms with E-state index in [1.54, 1.807) is 0 Å². The van der Waals surface area contributed by atoms with E-state index in [2.05, 4.69) is 76.5 Å². The summed E-state index contributed by atoms with van der Waals surface area (Å²) in [6, 6.07) is 17.6. The standard InChI is InChI=1S/C40H66N2O4/c1-11-13-15-17-27-41(9,31-37(43)45-39(3,4)5)29-33-19-23-35(24-20-33)36-25-21-34(22-26-36)30-42(10,28-18-16-14-12-2)32-38(44)46-40(6,7)8/h19-26H,11-18,27-32H2,1-10H3/q+2. The molecule has 6 nitrogen and oxygen atoms in total. The lowest BCUT2D eigenvalue weighted by molar-refractivity contribution is -0.916. The van der Waals surface area contributed by atoms with E-state index >= 15 is 0 Å². The van der Waals surface area contributed by atoms with Gasteiger partial charge in [0, 0.05) is 11.1 Å². The molecule has 0 bridgehead atoms. The number of hydrogen-bond acceptors (Lipinski definition) is 4. The van der Waals surface area contributed by atoms with Gasteiger partial charge in [-0.25, -0.2) is 9.59 Å². The summed E-state index contributed by atoms with van der Waals surface area (Å²) in [5, 5.41) is 0. The van der Waals surface area contributed by atoms with Crippen LogP contribution in [0.2, 0.25) is 0 Å². The first-order valence-electron chi connectivity index (χ1n) is 17.7. The molecule has 0 saturated carbocycles. The molecule has 0 spiro atoms. The molecule has 0 amide bonds. The smallest absolute Gasteiger partial charge is 0.362 e. The third-order valence-corrected chi connectivity index (χ3v) is 8.33. The van der Waals surface area contributed by atoms with E-state index in [0.29, 0.717) is 22.1 Å². The number of benzene rings is 2. The van der Waals surface area contributed by atoms with E-state index < -0.39 is 11.2 Å². The molecular formula is C40H66N2O4+2. The van der Waals surface area contributed by atoms with Gasteiger partial charge >= 0.3 is 11.9 Å². The van der Waals surface area contributed by atoms with Gasteiger partial charge in [0.2, 0.25) is 0 Å². The average Bonchev–Trinajstić information content (AvgIpc) is 2.92. The summed E-state index contributed by atoms with van der Waals surface area (Å²) in [7, 11) is 4.36. The largest absolute Gasteiger partial charge is 0.456 e. The van der Waals surface area contributed by atoms with Crippen molar-refractivity contribution in [1.29, 1.82) is 0 Å². The van der Waals surface area contributed by atoms with Crippen molar-refractivity contribution in [1.82, 2.24) is 0 Å². The molecule has 46 heavy (non-hydrogen) atoms. The van der Waals surface area contributed by atoms with Crippen molar-refractivity contribution in [3.05, 3.63) is 59.7 Å². The van der Waals surface area contributed by atoms with Gasteiger partial charge in [-0.05, 0) is 78.4 Å². The molecule has 258 valence electrons. The van der Waals surface area contributed by atoms with E-state index in [1.807, 2.05) is 41.5 Å². The van der Waals surface area contributed by atoms with Crippen molar-refractivity contribution in [2.45, 2.75) is 131 Å². The molecule has 0 aliphatic rings. The predicted octanol–water partition coefficient (Wildman–Crippen LogP) is 9.09. The highest BCUT2D eigenvalue weighted by molar-refractivity contribution is 5.71. The Balaban J connectivity index is 2.15. The highest BCUT2D eigenvalue weighted by atomic mass is 16.6. The van der Waals surface area contributed by atoms with Gasteiger partial charge in [-0.2, -0.15) is 0 Å². The lowest BCUT2D eigenvalue weighted by Crippen LogP contribution is -2.49. The van der Waals surface area contributed by atoms with Gasteiger partial charge in [0.05, 0.1) is 27.2 Å². The van der Waals surface area contributed by atoms with E-state index in [-0.39, 0.29) is 11.9 Å². The zero-order valence-corrected chi connectivity index (χ0v) is 31.0. The lowest BCUT2D eigenvalue weighted by Gasteiger charge is -2.35. The molecule has 2 atom stereocenters. The fourth-order valence-electron chi connectivity index (χ4n) is 6.13. The topological polar surface area (TPSA) is 52.6 Å². The van der Waals surface area contributed by atoms with Crippen LogP contribution in [0.15, 0.2) is 48.5 Å². The molecule has 0 aromatic heterocycles. The molecule has 2 unspecified atom stereocenters. The molecule has 0 aliphatic carbocycles. The molecule has 0 aliphatic heterocycles. The highest BCUT2D eigenvalue weighted by Gasteiger charge is 2.30. The molecule has 2 aromatic rings. The summed E-state index contributed by atoms with van der Waals surface area (Å²) >= 11 is 0. The summed E-state index contributed by atoms with van der Waals surface area (Å²) in [5.41, 5.74) is 3.83. The number of unbranched alkanes of at least 4 members (excludes halogenated alkanes) is 6. The van der Waals surface area contributed by atoms with Gasteiger partial charge in [0.25, 0.3) is 0 Å². The fourth-order valence-corrected chi connectivity index (χ4v) is 6.13. The van der Waals surface area contributed by atoms with Crippen LogP contribution in [0.1, 0.15) is 118 Å². The summed E-state index contributed by atoms with van der Waals surface area (Å²) in [5.74, 6) is -0.270. The summed E-state index contributed by atoms with van der Waals surface area (Å²) in [6.45, 7) is 20.2. The second kappa shape index (κ2) is 18.0. The van der Waals surface area contributed by atoms with E-state index in [0.717, 1.165) is 39.0 Å². The Morgan fingerprint density at radius 1 is 0.543 bits per heavy atom. The number of carbonyl (C=O) groups excluding carboxylic acids is 2. The summed E-state index contributed by atoms with van der Waals surface area (Å²) in [6.07, 6.45) is 9.42. The second-order valence-corrected chi connectivity index (χ2v) is 16.0. The van der Waals surface area contributed by atoms with Gasteiger partial charge in [0.1, 0.15) is 24.3 Å². The fraction of sp³-hybridized carbons (Fsp3) is 0.650. The molecule has 2 aromatic carbocycles. The monoisotopic (exact) mass is 639 g/mol. The Bertz CT molecular complexity index is 1100. The maximum Gasteiger partial charge on any atom is 0.362 e. The highest BCUT2D eigenvalue weighted by Crippen LogP contribution is 2.25. The number of hydrogen-bond donors (Lipinski definition) is 0. The van der Waals surface area contributed by atoms with Gasteiger partial charge in [-0.1, -0.05) is 88.1 Å². The van der Waals surface area contributed by atoms with Gasteiger partial charge in [0.15, 0.2) is 13.1 Å². The van der Waals surface area contributed by atoms with Crippen LogP contribution in [0, 0.1) is 0 Å². The minimum Gasteiger partial charge on any atom is -0.456 e. The predicted molar refractivity (Wildman–Crippen MR) is 191 cm³/mol. The SMILES string of the molecule is CCCCCC[N+](C)(CC(=O)OC(C)(C)C)Cc1ccc(-c2ccc(C[N+](C)(CCCCCC)CC(=O)OC(C)(C)C)cc2)cc1. The second-order valence-electron chi connectivity index (χ2n) is 16.0. The molecule has 0 fully saturated rings. The normalized spacial score (nSPS) is 14.7. The number of esters is 2. The first kappa shape index (κ1) is 39.5. The number of likely N-dealkylation sites (N-methyl/N-ethyl adjacent to an activating group) is 2. The van der Waals surface area contributed by atoms with E-state index in [4.69, 9.17) is 9.47 Å². The van der Waals surface area contributed by atoms with E-state index in [9.17, 15) is 9.59 Å². The summed E-state index contributed by atoms with van der Waals surface area (Å²) in [4.78, 5) is 25.7. The molecular weight excluding hydrogens is 572 g/mol. The Morgan fingerprint density at radius 3 is 1.15 bits per heavy atom. The molecule has 6 heteroatoms. The Labute approximate surface area is 281 Å². The van der Waals surface area contributed by atoms with Crippen molar-refractivity contribution >= 4 is 11.9 Å². The average molecular weight is 639 g/mol. The van der Waals surface area contributed by atoms with Crippen molar-refractivity contribution in [2.24, 2.45) is 0 Å². The first-order valence-corrected chi connectivity index (χ1v) is 17.7. The Kier molecular flexibility index (Phi) is 15.5. The molecule has 0 radical (unpaired) electrons. The van der Waals surface area contributed by atoms with Crippen LogP contribution in [-0.2, 0) is 32.2 Å². The van der Waals surface area contributed by atoms with Crippen molar-refractivity contribution in [2.75, 3.05) is 40.3 Å². The summed E-state index contributed by atoms with van der Waals surface area (Å²) < 4.78 is 12.7. The van der Waals surface area contributed by atoms with Crippen LogP contribution < -0.4 is 0 Å². The number of quaternary nitrogens is 2. The Hall–Kier alpha value is -2.70. The lowest BCUT2D eigenvalue weighted by atomic mass is 10.0. The van der Waals surface area contributed by atoms with Crippen LogP contribution in [-0.4, -0.2) is 72.4 Å². The number of nitrogens with zero attached hydrogens (tertiary/aromatic N) is 2. The third kappa shape index (κ3) is 15.7. The van der Waals surface area contributed by atoms with Crippen LogP contribution in [0.5, 0.6) is 0 Å². The van der Waals surface area contributed by atoms with Crippen LogP contribution >= 0.6 is 0 Å². The molecule has 0 saturated heterocycles. The first-order chi connectivity index (χ1) is 21.4. The molecule has 0 heterocycles. The number of rotatable bonds is 19. The van der Waals surface area contributed by atoms with Crippen molar-refractivity contribution < 1.29 is 28.0 Å². The minimum absolute atomic E-state index is 0.135. The van der Waals surface area contributed by atoms with E-state index in [1.165, 1.54) is 60.8 Å². The van der Waals surface area contributed by atoms with Gasteiger partial charge in [-0.15, -0.1) is 0 Å². The molecule has 0 N–H and O–H groups in total. The van der Waals surface area contributed by atoms with Gasteiger partial charge < -0.3 is 18.4 Å². The minimum atomic E-state index is -0.480. The third-order valence-electron chi connectivity index (χ3n) is 8.33.